The molecule has 0 bridgehead atoms. The van der Waals surface area contributed by atoms with Gasteiger partial charge in [0.25, 0.3) is 0 Å². The van der Waals surface area contributed by atoms with E-state index in [1.165, 1.54) is 11.3 Å². The first-order chi connectivity index (χ1) is 11.2. The summed E-state index contributed by atoms with van der Waals surface area (Å²) in [6, 6.07) is 3.47. The molecule has 23 heavy (non-hydrogen) atoms. The second kappa shape index (κ2) is 6.87. The van der Waals surface area contributed by atoms with E-state index in [-0.39, 0.29) is 30.2 Å². The van der Waals surface area contributed by atoms with Gasteiger partial charge in [0.05, 0.1) is 23.2 Å². The highest BCUT2D eigenvalue weighted by Crippen LogP contribution is 2.36. The topological polar surface area (TPSA) is 75.2 Å². The maximum absolute atomic E-state index is 12.5. The predicted octanol–water partition coefficient (Wildman–Crippen LogP) is 1.42. The zero-order chi connectivity index (χ0) is 16.2. The van der Waals surface area contributed by atoms with Gasteiger partial charge in [-0.1, -0.05) is 6.07 Å². The molecule has 1 saturated heterocycles. The van der Waals surface area contributed by atoms with Crippen molar-refractivity contribution in [3.63, 3.8) is 0 Å². The van der Waals surface area contributed by atoms with Gasteiger partial charge < -0.3 is 10.2 Å². The molecule has 1 N–H and O–H groups in total. The lowest BCUT2D eigenvalue weighted by Crippen LogP contribution is -2.35. The number of amides is 2. The van der Waals surface area contributed by atoms with E-state index in [0.29, 0.717) is 13.0 Å². The molecule has 120 valence electrons. The minimum Gasteiger partial charge on any atom is -0.355 e. The summed E-state index contributed by atoms with van der Waals surface area (Å²) in [5.41, 5.74) is 3.64. The Labute approximate surface area is 138 Å². The number of carbonyl (C=O) groups is 2. The number of aromatic nitrogens is 2. The lowest BCUT2D eigenvalue weighted by Gasteiger charge is -2.24. The van der Waals surface area contributed by atoms with Crippen LogP contribution in [0.5, 0.6) is 0 Å². The van der Waals surface area contributed by atoms with E-state index in [1.807, 2.05) is 17.5 Å². The van der Waals surface area contributed by atoms with Gasteiger partial charge >= 0.3 is 0 Å². The first-order valence-corrected chi connectivity index (χ1v) is 8.41. The third-order valence-electron chi connectivity index (χ3n) is 4.11. The van der Waals surface area contributed by atoms with Gasteiger partial charge in [-0.2, -0.15) is 0 Å². The van der Waals surface area contributed by atoms with E-state index in [9.17, 15) is 9.59 Å². The van der Waals surface area contributed by atoms with Crippen LogP contribution in [-0.2, 0) is 16.0 Å². The predicted molar refractivity (Wildman–Crippen MR) is 86.7 cm³/mol. The van der Waals surface area contributed by atoms with Crippen molar-refractivity contribution in [2.75, 3.05) is 13.6 Å². The average Bonchev–Trinajstić information content (AvgIpc) is 3.17. The zero-order valence-corrected chi connectivity index (χ0v) is 13.6. The molecule has 1 aliphatic rings. The van der Waals surface area contributed by atoms with Crippen molar-refractivity contribution in [2.45, 2.75) is 18.9 Å². The van der Waals surface area contributed by atoms with Crippen LogP contribution in [0.1, 0.15) is 23.7 Å². The van der Waals surface area contributed by atoms with Crippen LogP contribution >= 0.6 is 11.3 Å². The SMILES string of the molecule is CN1C(=O)C[C@@H](C(=O)NCCc2cscn2)[C@H]1c1cccnc1. The summed E-state index contributed by atoms with van der Waals surface area (Å²) < 4.78 is 0. The molecule has 0 spiro atoms. The minimum absolute atomic E-state index is 0.0153. The Morgan fingerprint density at radius 2 is 2.39 bits per heavy atom. The van der Waals surface area contributed by atoms with Crippen LogP contribution in [0.4, 0.5) is 0 Å². The van der Waals surface area contributed by atoms with E-state index in [1.54, 1.807) is 29.9 Å². The van der Waals surface area contributed by atoms with E-state index >= 15 is 0 Å². The van der Waals surface area contributed by atoms with E-state index in [0.717, 1.165) is 11.3 Å². The van der Waals surface area contributed by atoms with Crippen molar-refractivity contribution in [3.8, 4) is 0 Å². The number of rotatable bonds is 5. The van der Waals surface area contributed by atoms with Crippen LogP contribution in [0.2, 0.25) is 0 Å². The maximum Gasteiger partial charge on any atom is 0.226 e. The summed E-state index contributed by atoms with van der Waals surface area (Å²) in [5.74, 6) is -0.488. The Morgan fingerprint density at radius 1 is 1.52 bits per heavy atom. The fourth-order valence-corrected chi connectivity index (χ4v) is 3.51. The normalized spacial score (nSPS) is 20.7. The van der Waals surface area contributed by atoms with Crippen molar-refractivity contribution < 1.29 is 9.59 Å². The van der Waals surface area contributed by atoms with Gasteiger partial charge in [-0.05, 0) is 11.6 Å². The van der Waals surface area contributed by atoms with Crippen molar-refractivity contribution in [3.05, 3.63) is 46.7 Å². The second-order valence-corrected chi connectivity index (χ2v) is 6.29. The van der Waals surface area contributed by atoms with E-state index in [2.05, 4.69) is 15.3 Å². The molecule has 7 heteroatoms. The Kier molecular flexibility index (Phi) is 4.66. The monoisotopic (exact) mass is 330 g/mol. The maximum atomic E-state index is 12.5. The number of carbonyl (C=O) groups excluding carboxylic acids is 2. The first kappa shape index (κ1) is 15.6. The van der Waals surface area contributed by atoms with E-state index in [4.69, 9.17) is 0 Å². The second-order valence-electron chi connectivity index (χ2n) is 5.57. The van der Waals surface area contributed by atoms with Gasteiger partial charge in [-0.25, -0.2) is 4.98 Å². The summed E-state index contributed by atoms with van der Waals surface area (Å²) in [6.45, 7) is 0.525. The Morgan fingerprint density at radius 3 is 3.09 bits per heavy atom. The molecule has 0 radical (unpaired) electrons. The molecule has 0 aromatic carbocycles. The van der Waals surface area contributed by atoms with Crippen LogP contribution in [0, 0.1) is 5.92 Å². The van der Waals surface area contributed by atoms with Crippen molar-refractivity contribution in [1.29, 1.82) is 0 Å². The van der Waals surface area contributed by atoms with Gasteiger partial charge in [-0.15, -0.1) is 11.3 Å². The number of hydrogen-bond acceptors (Lipinski definition) is 5. The zero-order valence-electron chi connectivity index (χ0n) is 12.8. The van der Waals surface area contributed by atoms with Crippen LogP contribution < -0.4 is 5.32 Å². The fourth-order valence-electron chi connectivity index (χ4n) is 2.92. The molecule has 0 unspecified atom stereocenters. The Balaban J connectivity index is 1.66. The molecule has 6 nitrogen and oxygen atoms in total. The molecule has 0 aliphatic carbocycles. The molecule has 1 aliphatic heterocycles. The van der Waals surface area contributed by atoms with Crippen molar-refractivity contribution in [2.24, 2.45) is 5.92 Å². The fraction of sp³-hybridized carbons (Fsp3) is 0.375. The largest absolute Gasteiger partial charge is 0.355 e. The Bertz CT molecular complexity index is 675. The number of thiazole rings is 1. The highest BCUT2D eigenvalue weighted by molar-refractivity contribution is 7.07. The average molecular weight is 330 g/mol. The summed E-state index contributed by atoms with van der Waals surface area (Å²) >= 11 is 1.54. The molecule has 2 aromatic rings. The molecule has 2 atom stereocenters. The number of likely N-dealkylation sites (tertiary alicyclic amines) is 1. The lowest BCUT2D eigenvalue weighted by molar-refractivity contribution is -0.128. The summed E-state index contributed by atoms with van der Waals surface area (Å²) in [5, 5.41) is 4.90. The molecule has 1 fully saturated rings. The molecule has 3 rings (SSSR count). The summed E-state index contributed by atoms with van der Waals surface area (Å²) in [6.07, 6.45) is 4.33. The van der Waals surface area contributed by atoms with Gasteiger partial charge in [0.1, 0.15) is 0 Å². The van der Waals surface area contributed by atoms with Crippen molar-refractivity contribution >= 4 is 23.2 Å². The minimum atomic E-state index is -0.382. The number of pyridine rings is 1. The van der Waals surface area contributed by atoms with Crippen LogP contribution in [0.3, 0.4) is 0 Å². The third-order valence-corrected chi connectivity index (χ3v) is 4.75. The van der Waals surface area contributed by atoms with Crippen LogP contribution in [-0.4, -0.2) is 40.3 Å². The molecule has 3 heterocycles. The van der Waals surface area contributed by atoms with Crippen molar-refractivity contribution in [1.82, 2.24) is 20.2 Å². The molecular weight excluding hydrogens is 312 g/mol. The number of nitrogens with zero attached hydrogens (tertiary/aromatic N) is 3. The first-order valence-electron chi connectivity index (χ1n) is 7.47. The van der Waals surface area contributed by atoms with Gasteiger partial charge in [0, 0.05) is 44.2 Å². The molecule has 2 aromatic heterocycles. The smallest absolute Gasteiger partial charge is 0.226 e. The molecule has 2 amide bonds. The molecule has 0 saturated carbocycles. The summed E-state index contributed by atoms with van der Waals surface area (Å²) in [4.78, 5) is 34.5. The van der Waals surface area contributed by atoms with Gasteiger partial charge in [-0.3, -0.25) is 14.6 Å². The van der Waals surface area contributed by atoms with Gasteiger partial charge in [0.2, 0.25) is 11.8 Å². The highest BCUT2D eigenvalue weighted by atomic mass is 32.1. The number of hydrogen-bond donors (Lipinski definition) is 1. The highest BCUT2D eigenvalue weighted by Gasteiger charge is 2.42. The standard InChI is InChI=1S/C16H18N4O2S/c1-20-14(21)7-13(15(20)11-3-2-5-17-8-11)16(22)18-6-4-12-9-23-10-19-12/h2-3,5,8-10,13,15H,4,6-7H2,1H3,(H,18,22)/t13-,15-/m1/s1. The summed E-state index contributed by atoms with van der Waals surface area (Å²) in [7, 11) is 1.74. The van der Waals surface area contributed by atoms with Crippen LogP contribution in [0.25, 0.3) is 0 Å². The molecular formula is C16H18N4O2S. The van der Waals surface area contributed by atoms with Crippen LogP contribution in [0.15, 0.2) is 35.4 Å². The lowest BCUT2D eigenvalue weighted by atomic mass is 9.94. The van der Waals surface area contributed by atoms with Gasteiger partial charge in [0.15, 0.2) is 0 Å². The third kappa shape index (κ3) is 3.39. The number of nitrogens with one attached hydrogen (secondary N) is 1. The Hall–Kier alpha value is -2.28. The quantitative estimate of drug-likeness (QED) is 0.899. The van der Waals surface area contributed by atoms with E-state index < -0.39 is 0 Å².